The van der Waals surface area contributed by atoms with E-state index in [2.05, 4.69) is 115 Å². The molecule has 0 aliphatic heterocycles. The van der Waals surface area contributed by atoms with E-state index in [1.165, 1.54) is 59.6 Å². The van der Waals surface area contributed by atoms with Gasteiger partial charge in [0.15, 0.2) is 5.78 Å². The number of benzene rings is 3. The average Bonchev–Trinajstić information content (AvgIpc) is 3.77. The van der Waals surface area contributed by atoms with Gasteiger partial charge in [0.2, 0.25) is 0 Å². The Morgan fingerprint density at radius 1 is 0.857 bits per heavy atom. The number of aliphatic hydroxyl groups excluding tert-OH is 1. The molecule has 6 aromatic rings. The first-order valence-corrected chi connectivity index (χ1v) is 21.9. The van der Waals surface area contributed by atoms with Gasteiger partial charge in [-0.15, -0.1) is 51.8 Å². The molecule has 1 N–H and O–H groups in total. The van der Waals surface area contributed by atoms with Gasteiger partial charge in [-0.25, -0.2) is 0 Å². The van der Waals surface area contributed by atoms with Crippen molar-refractivity contribution < 1.29 is 30.0 Å². The molecule has 3 aromatic carbocycles. The van der Waals surface area contributed by atoms with Crippen LogP contribution in [0.5, 0.6) is 0 Å². The minimum atomic E-state index is -0.337. The second-order valence-corrected chi connectivity index (χ2v) is 19.5. The molecular weight excluding hydrogens is 903 g/mol. The van der Waals surface area contributed by atoms with Crippen LogP contribution < -0.4 is 0 Å². The Hall–Kier alpha value is -3.15. The number of fused-ring (bicyclic) bond motifs is 3. The molecule has 301 valence electrons. The van der Waals surface area contributed by atoms with Crippen molar-refractivity contribution in [1.82, 2.24) is 4.98 Å². The minimum Gasteiger partial charge on any atom is -0.512 e. The van der Waals surface area contributed by atoms with E-state index in [9.17, 15) is 9.90 Å². The number of aromatic nitrogens is 1. The molecule has 3 heterocycles. The van der Waals surface area contributed by atoms with Gasteiger partial charge in [0.1, 0.15) is 10.6 Å². The van der Waals surface area contributed by atoms with Crippen molar-refractivity contribution in [3.05, 3.63) is 99.4 Å². The van der Waals surface area contributed by atoms with Gasteiger partial charge in [0.05, 0.1) is 0 Å². The third-order valence-electron chi connectivity index (χ3n) is 12.2. The van der Waals surface area contributed by atoms with E-state index >= 15 is 0 Å². The van der Waals surface area contributed by atoms with Gasteiger partial charge in [0.25, 0.3) is 0 Å². The van der Waals surface area contributed by atoms with Crippen LogP contribution in [0.25, 0.3) is 53.5 Å². The number of rotatable bonds is 11. The molecule has 3 aromatic heterocycles. The van der Waals surface area contributed by atoms with Crippen molar-refractivity contribution in [2.75, 3.05) is 0 Å². The van der Waals surface area contributed by atoms with Crippen molar-refractivity contribution in [3.8, 4) is 22.4 Å². The van der Waals surface area contributed by atoms with Crippen LogP contribution in [0.3, 0.4) is 0 Å². The predicted octanol–water partition coefficient (Wildman–Crippen LogP) is 15.6. The molecule has 6 rings (SSSR count). The maximum atomic E-state index is 12.2. The summed E-state index contributed by atoms with van der Waals surface area (Å²) in [4.78, 5) is 19.9. The number of pyridine rings is 1. The molecule has 6 heteroatoms. The second-order valence-electron chi connectivity index (χ2n) is 17.4. The number of ketones is 1. The van der Waals surface area contributed by atoms with Crippen molar-refractivity contribution in [1.29, 1.82) is 0 Å². The number of thiophene rings is 2. The number of carbonyl (C=O) groups is 1. The fraction of sp³-hybridized carbons (Fsp3) is 0.440. The van der Waals surface area contributed by atoms with Crippen LogP contribution in [0.1, 0.15) is 123 Å². The predicted molar refractivity (Wildman–Crippen MR) is 242 cm³/mol. The number of carbonyl (C=O) groups excluding carboxylic acids is 1. The number of nitrogens with zero attached hydrogens (tertiary/aromatic N) is 1. The summed E-state index contributed by atoms with van der Waals surface area (Å²) in [5, 5.41) is 17.4. The summed E-state index contributed by atoms with van der Waals surface area (Å²) < 4.78 is 1.42. The van der Waals surface area contributed by atoms with Crippen LogP contribution in [0.15, 0.2) is 71.8 Å². The monoisotopic (exact) mass is 965 g/mol. The largest absolute Gasteiger partial charge is 0.512 e. The van der Waals surface area contributed by atoms with Gasteiger partial charge in [-0.05, 0) is 91.0 Å². The first kappa shape index (κ1) is 45.6. The van der Waals surface area contributed by atoms with Gasteiger partial charge in [-0.3, -0.25) is 9.78 Å². The minimum absolute atomic E-state index is 0. The van der Waals surface area contributed by atoms with Crippen LogP contribution in [-0.4, -0.2) is 15.9 Å². The van der Waals surface area contributed by atoms with Gasteiger partial charge < -0.3 is 5.11 Å². The van der Waals surface area contributed by atoms with Gasteiger partial charge in [-0.1, -0.05) is 124 Å². The molecule has 3 nitrogen and oxygen atoms in total. The van der Waals surface area contributed by atoms with Crippen LogP contribution in [0, 0.1) is 36.7 Å². The average molecular weight is 965 g/mol. The molecule has 0 unspecified atom stereocenters. The molecule has 0 saturated carbocycles. The summed E-state index contributed by atoms with van der Waals surface area (Å²) >= 11 is 3.67. The Bertz CT molecular complexity index is 2340. The Kier molecular flexibility index (Phi) is 14.8. The summed E-state index contributed by atoms with van der Waals surface area (Å²) in [5.74, 6) is 0.918. The zero-order valence-electron chi connectivity index (χ0n) is 35.9. The van der Waals surface area contributed by atoms with Crippen molar-refractivity contribution in [2.45, 2.75) is 128 Å². The van der Waals surface area contributed by atoms with E-state index in [1.54, 1.807) is 11.3 Å². The quantitative estimate of drug-likeness (QED) is 0.0800. The van der Waals surface area contributed by atoms with E-state index in [0.717, 1.165) is 53.6 Å². The van der Waals surface area contributed by atoms with E-state index in [-0.39, 0.29) is 47.9 Å². The van der Waals surface area contributed by atoms with Gasteiger partial charge in [0, 0.05) is 63.1 Å². The Balaban J connectivity index is 0.000000330. The van der Waals surface area contributed by atoms with E-state index in [0.29, 0.717) is 5.92 Å². The first-order chi connectivity index (χ1) is 25.9. The molecule has 56 heavy (non-hydrogen) atoms. The van der Waals surface area contributed by atoms with E-state index < -0.39 is 0 Å². The topological polar surface area (TPSA) is 50.2 Å². The summed E-state index contributed by atoms with van der Waals surface area (Å²) in [6.45, 7) is 28.0. The molecule has 0 saturated heterocycles. The van der Waals surface area contributed by atoms with Crippen LogP contribution >= 0.6 is 22.7 Å². The zero-order valence-corrected chi connectivity index (χ0v) is 39.9. The molecule has 0 bridgehead atoms. The fourth-order valence-corrected chi connectivity index (χ4v) is 9.34. The van der Waals surface area contributed by atoms with Crippen LogP contribution in [0.4, 0.5) is 0 Å². The number of allylic oxidation sites excluding steroid dienone is 2. The third-order valence-corrected chi connectivity index (χ3v) is 14.3. The molecule has 0 aliphatic rings. The molecular formula is C50H62IrNO2S2-. The van der Waals surface area contributed by atoms with E-state index in [1.807, 2.05) is 52.9 Å². The maximum Gasteiger partial charge on any atom is 0.164 e. The SMILES string of the molecule is CCC(C)(CC)C(=O)/C=C(\O)C(C)(CC)CC.Cc1sc2nc(-c3[c-]c4ccccc4c(C(C)(C)C)c3)cc(-c3ccc(CC(C)C)c4sccc34)c2c1C.[Ir]. The summed E-state index contributed by atoms with van der Waals surface area (Å²) in [7, 11) is 0. The second kappa shape index (κ2) is 18.2. The Labute approximate surface area is 358 Å². The van der Waals surface area contributed by atoms with Crippen molar-refractivity contribution in [2.24, 2.45) is 16.7 Å². The standard InChI is InChI=1S/C35H34NS2.C15H28O2.Ir/c1-20(2)16-24-12-13-27(28-14-15-37-33(24)28)29-19-31(36-34-32(29)21(3)22(4)38-34)25-17-23-10-8-9-11-26(23)30(18-25)35(5,6)7;1-7-14(5,8-2)12(16)11-13(17)15(6,9-3)10-4;/h8-15,18-20H,16H2,1-7H3;11,16H,7-10H2,1-6H3;/q-1;;/b;12-11-;. The van der Waals surface area contributed by atoms with E-state index in [4.69, 9.17) is 4.98 Å². The molecule has 0 aliphatic carbocycles. The van der Waals surface area contributed by atoms with Gasteiger partial charge in [-0.2, -0.15) is 0 Å². The molecule has 0 amide bonds. The van der Waals surface area contributed by atoms with Crippen LogP contribution in [0.2, 0.25) is 0 Å². The normalized spacial score (nSPS) is 12.6. The Morgan fingerprint density at radius 3 is 2.11 bits per heavy atom. The summed E-state index contributed by atoms with van der Waals surface area (Å²) in [6.07, 6.45) is 5.86. The van der Waals surface area contributed by atoms with Crippen molar-refractivity contribution >= 4 is 59.5 Å². The van der Waals surface area contributed by atoms with Crippen molar-refractivity contribution in [3.63, 3.8) is 0 Å². The number of aryl methyl sites for hydroxylation is 2. The number of hydrogen-bond acceptors (Lipinski definition) is 5. The molecule has 0 atom stereocenters. The smallest absolute Gasteiger partial charge is 0.164 e. The third kappa shape index (κ3) is 9.25. The molecule has 1 radical (unpaired) electrons. The zero-order chi connectivity index (χ0) is 40.5. The fourth-order valence-electron chi connectivity index (χ4n) is 7.33. The molecule has 0 fully saturated rings. The molecule has 0 spiro atoms. The Morgan fingerprint density at radius 2 is 1.50 bits per heavy atom. The van der Waals surface area contributed by atoms with Gasteiger partial charge >= 0.3 is 0 Å². The maximum absolute atomic E-state index is 12.2. The number of hydrogen-bond donors (Lipinski definition) is 1. The van der Waals surface area contributed by atoms with Crippen LogP contribution in [-0.2, 0) is 36.7 Å². The summed E-state index contributed by atoms with van der Waals surface area (Å²) in [6, 6.07) is 24.0. The summed E-state index contributed by atoms with van der Waals surface area (Å²) in [5.41, 5.74) is 8.20. The first-order valence-electron chi connectivity index (χ1n) is 20.2. The number of aliphatic hydroxyl groups is 1.